The molecule has 16 heavy (non-hydrogen) atoms. The molecular formula is C10H9F2NO3. The van der Waals surface area contributed by atoms with Gasteiger partial charge in [-0.15, -0.1) is 0 Å². The highest BCUT2D eigenvalue weighted by Gasteiger charge is 2.44. The maximum absolute atomic E-state index is 13.4. The van der Waals surface area contributed by atoms with Crippen molar-refractivity contribution in [1.82, 2.24) is 4.98 Å². The number of hydrogen-bond acceptors (Lipinski definition) is 4. The van der Waals surface area contributed by atoms with Crippen LogP contribution in [0.5, 0.6) is 0 Å². The quantitative estimate of drug-likeness (QED) is 0.580. The second kappa shape index (κ2) is 4.78. The molecule has 0 spiro atoms. The number of pyridine rings is 1. The van der Waals surface area contributed by atoms with Crippen LogP contribution in [0.1, 0.15) is 23.1 Å². The Kier molecular flexibility index (Phi) is 3.65. The Morgan fingerprint density at radius 3 is 2.81 bits per heavy atom. The first-order valence-corrected chi connectivity index (χ1v) is 4.50. The van der Waals surface area contributed by atoms with Crippen LogP contribution in [0.4, 0.5) is 8.78 Å². The molecule has 0 amide bonds. The molecule has 0 aromatic carbocycles. The van der Waals surface area contributed by atoms with Crippen LogP contribution < -0.4 is 0 Å². The maximum atomic E-state index is 13.4. The third-order valence-corrected chi connectivity index (χ3v) is 1.74. The molecule has 1 heterocycles. The number of nitrogens with zero attached hydrogens (tertiary/aromatic N) is 1. The number of rotatable bonds is 4. The molecule has 0 fully saturated rings. The Labute approximate surface area is 90.2 Å². The Morgan fingerprint density at radius 1 is 1.56 bits per heavy atom. The summed E-state index contributed by atoms with van der Waals surface area (Å²) in [5, 5.41) is 0. The highest BCUT2D eigenvalue weighted by atomic mass is 19.3. The van der Waals surface area contributed by atoms with E-state index >= 15 is 0 Å². The summed E-state index contributed by atoms with van der Waals surface area (Å²) in [4.78, 5) is 24.7. The summed E-state index contributed by atoms with van der Waals surface area (Å²) in [6.07, 6.45) is 0.324. The van der Waals surface area contributed by atoms with E-state index in [-0.39, 0.29) is 12.3 Å². The summed E-state index contributed by atoms with van der Waals surface area (Å²) < 4.78 is 31.0. The fourth-order valence-corrected chi connectivity index (χ4v) is 1.02. The standard InChI is InChI=1S/C10H9F2NO3/c1-2-16-9(15)10(11,12)8-5-3-4-7(6-14)13-8/h3-6H,2H2,1H3. The number of carbonyl (C=O) groups is 2. The van der Waals surface area contributed by atoms with E-state index in [4.69, 9.17) is 0 Å². The van der Waals surface area contributed by atoms with Crippen molar-refractivity contribution in [3.63, 3.8) is 0 Å². The van der Waals surface area contributed by atoms with E-state index in [9.17, 15) is 18.4 Å². The second-order valence-corrected chi connectivity index (χ2v) is 2.86. The molecule has 0 radical (unpaired) electrons. The average molecular weight is 229 g/mol. The Morgan fingerprint density at radius 2 is 2.25 bits per heavy atom. The Bertz CT molecular complexity index is 407. The number of ether oxygens (including phenoxy) is 1. The highest BCUT2D eigenvalue weighted by Crippen LogP contribution is 2.27. The zero-order valence-electron chi connectivity index (χ0n) is 8.44. The molecule has 0 saturated carbocycles. The third kappa shape index (κ3) is 2.39. The molecule has 6 heteroatoms. The smallest absolute Gasteiger partial charge is 0.384 e. The van der Waals surface area contributed by atoms with Crippen molar-refractivity contribution >= 4 is 12.3 Å². The number of halogens is 2. The van der Waals surface area contributed by atoms with Gasteiger partial charge in [0.05, 0.1) is 6.61 Å². The van der Waals surface area contributed by atoms with E-state index in [0.29, 0.717) is 6.29 Å². The topological polar surface area (TPSA) is 56.3 Å². The van der Waals surface area contributed by atoms with Crippen LogP contribution in [-0.2, 0) is 15.5 Å². The van der Waals surface area contributed by atoms with Gasteiger partial charge < -0.3 is 4.74 Å². The monoisotopic (exact) mass is 229 g/mol. The largest absolute Gasteiger partial charge is 0.461 e. The van der Waals surface area contributed by atoms with Gasteiger partial charge in [-0.05, 0) is 19.1 Å². The molecule has 0 atom stereocenters. The van der Waals surface area contributed by atoms with Crippen LogP contribution in [0.2, 0.25) is 0 Å². The summed E-state index contributed by atoms with van der Waals surface area (Å²) in [6, 6.07) is 3.45. The van der Waals surface area contributed by atoms with Crippen LogP contribution in [0.25, 0.3) is 0 Å². The molecule has 0 aliphatic heterocycles. The van der Waals surface area contributed by atoms with E-state index in [0.717, 1.165) is 6.07 Å². The van der Waals surface area contributed by atoms with Crippen LogP contribution in [0.3, 0.4) is 0 Å². The predicted octanol–water partition coefficient (Wildman–Crippen LogP) is 1.55. The predicted molar refractivity (Wildman–Crippen MR) is 50.2 cm³/mol. The molecule has 0 aliphatic rings. The minimum atomic E-state index is -3.84. The first kappa shape index (κ1) is 12.2. The van der Waals surface area contributed by atoms with Gasteiger partial charge in [-0.3, -0.25) is 4.79 Å². The van der Waals surface area contributed by atoms with E-state index < -0.39 is 17.6 Å². The van der Waals surface area contributed by atoms with Crippen molar-refractivity contribution in [3.8, 4) is 0 Å². The summed E-state index contributed by atoms with van der Waals surface area (Å²) in [6.45, 7) is 1.27. The molecule has 1 aromatic rings. The van der Waals surface area contributed by atoms with Gasteiger partial charge >= 0.3 is 11.9 Å². The number of aldehydes is 1. The van der Waals surface area contributed by atoms with E-state index in [2.05, 4.69) is 9.72 Å². The lowest BCUT2D eigenvalue weighted by Crippen LogP contribution is -2.29. The van der Waals surface area contributed by atoms with Gasteiger partial charge in [-0.25, -0.2) is 9.78 Å². The minimum absolute atomic E-state index is 0.151. The van der Waals surface area contributed by atoms with Gasteiger partial charge in [0, 0.05) is 0 Å². The second-order valence-electron chi connectivity index (χ2n) is 2.86. The van der Waals surface area contributed by atoms with Gasteiger partial charge in [0.2, 0.25) is 0 Å². The molecule has 0 unspecified atom stereocenters. The summed E-state index contributed by atoms with van der Waals surface area (Å²) >= 11 is 0. The fraction of sp³-hybridized carbons (Fsp3) is 0.300. The number of carbonyl (C=O) groups excluding carboxylic acids is 2. The lowest BCUT2D eigenvalue weighted by Gasteiger charge is -2.13. The van der Waals surface area contributed by atoms with Gasteiger partial charge in [0.15, 0.2) is 6.29 Å². The van der Waals surface area contributed by atoms with Crippen LogP contribution in [0, 0.1) is 0 Å². The van der Waals surface area contributed by atoms with Crippen molar-refractivity contribution in [2.45, 2.75) is 12.8 Å². The molecule has 1 rings (SSSR count). The van der Waals surface area contributed by atoms with Crippen molar-refractivity contribution < 1.29 is 23.1 Å². The first-order valence-electron chi connectivity index (χ1n) is 4.50. The Hall–Kier alpha value is -1.85. The molecule has 4 nitrogen and oxygen atoms in total. The van der Waals surface area contributed by atoms with Gasteiger partial charge in [-0.2, -0.15) is 8.78 Å². The SMILES string of the molecule is CCOC(=O)C(F)(F)c1cccc(C=O)n1. The van der Waals surface area contributed by atoms with Crippen molar-refractivity contribution in [2.75, 3.05) is 6.61 Å². The number of alkyl halides is 2. The van der Waals surface area contributed by atoms with Crippen LogP contribution in [0.15, 0.2) is 18.2 Å². The summed E-state index contributed by atoms with van der Waals surface area (Å²) in [7, 11) is 0. The van der Waals surface area contributed by atoms with Crippen molar-refractivity contribution in [3.05, 3.63) is 29.6 Å². The van der Waals surface area contributed by atoms with Gasteiger partial charge in [0.25, 0.3) is 0 Å². The molecule has 1 aromatic heterocycles. The number of hydrogen-bond donors (Lipinski definition) is 0. The highest BCUT2D eigenvalue weighted by molar-refractivity contribution is 5.79. The number of esters is 1. The number of aromatic nitrogens is 1. The fourth-order valence-electron chi connectivity index (χ4n) is 1.02. The lowest BCUT2D eigenvalue weighted by molar-refractivity contribution is -0.173. The van der Waals surface area contributed by atoms with E-state index in [1.165, 1.54) is 19.1 Å². The van der Waals surface area contributed by atoms with Crippen LogP contribution >= 0.6 is 0 Å². The average Bonchev–Trinajstić information content (AvgIpc) is 2.29. The molecule has 86 valence electrons. The minimum Gasteiger partial charge on any atom is -0.461 e. The van der Waals surface area contributed by atoms with Crippen molar-refractivity contribution in [2.24, 2.45) is 0 Å². The normalized spacial score (nSPS) is 10.9. The van der Waals surface area contributed by atoms with Gasteiger partial charge in [0.1, 0.15) is 11.4 Å². The zero-order valence-corrected chi connectivity index (χ0v) is 8.44. The zero-order chi connectivity index (χ0) is 12.2. The molecular weight excluding hydrogens is 220 g/mol. The third-order valence-electron chi connectivity index (χ3n) is 1.74. The molecule has 0 bridgehead atoms. The van der Waals surface area contributed by atoms with E-state index in [1.54, 1.807) is 0 Å². The maximum Gasteiger partial charge on any atom is 0.384 e. The molecule has 0 aliphatic carbocycles. The summed E-state index contributed by atoms with van der Waals surface area (Å²) in [5.74, 6) is -5.51. The lowest BCUT2D eigenvalue weighted by atomic mass is 10.2. The van der Waals surface area contributed by atoms with Gasteiger partial charge in [-0.1, -0.05) is 6.07 Å². The molecule has 0 saturated heterocycles. The van der Waals surface area contributed by atoms with Crippen molar-refractivity contribution in [1.29, 1.82) is 0 Å². The van der Waals surface area contributed by atoms with Crippen LogP contribution in [-0.4, -0.2) is 23.8 Å². The summed E-state index contributed by atoms with van der Waals surface area (Å²) in [5.41, 5.74) is -0.961. The first-order chi connectivity index (χ1) is 7.52. The Balaban J connectivity index is 3.05. The van der Waals surface area contributed by atoms with E-state index in [1.807, 2.05) is 0 Å². The molecule has 0 N–H and O–H groups in total.